The minimum atomic E-state index is -0.900. The lowest BCUT2D eigenvalue weighted by atomic mass is 9.40. The Labute approximate surface area is 199 Å². The van der Waals surface area contributed by atoms with E-state index < -0.39 is 28.5 Å². The van der Waals surface area contributed by atoms with E-state index in [0.717, 1.165) is 17.6 Å². The Bertz CT molecular complexity index is 1120. The fourth-order valence-corrected chi connectivity index (χ4v) is 8.82. The monoisotopic (exact) mass is 468 g/mol. The second kappa shape index (κ2) is 6.84. The Hall–Kier alpha value is -2.41. The average molecular weight is 469 g/mol. The molecule has 7 heteroatoms. The third kappa shape index (κ3) is 2.39. The molecule has 182 valence electrons. The molecule has 4 fully saturated rings. The predicted molar refractivity (Wildman–Crippen MR) is 119 cm³/mol. The number of methoxy groups -OCH3 is 1. The van der Waals surface area contributed by atoms with Crippen molar-refractivity contribution in [1.29, 1.82) is 0 Å². The number of ether oxygens (including phenoxy) is 3. The van der Waals surface area contributed by atoms with Crippen molar-refractivity contribution in [3.8, 4) is 0 Å². The zero-order chi connectivity index (χ0) is 24.2. The van der Waals surface area contributed by atoms with Gasteiger partial charge in [0.2, 0.25) is 0 Å². The zero-order valence-corrected chi connectivity index (χ0v) is 20.4. The highest BCUT2D eigenvalue weighted by atomic mass is 16.6. The predicted octanol–water partition coefficient (Wildman–Crippen LogP) is 3.97. The third-order valence-electron chi connectivity index (χ3n) is 10.3. The molecule has 1 aromatic rings. The zero-order valence-electron chi connectivity index (χ0n) is 20.4. The first-order chi connectivity index (χ1) is 16.1. The van der Waals surface area contributed by atoms with E-state index in [0.29, 0.717) is 12.8 Å². The molecule has 0 radical (unpaired) electrons. The maximum atomic E-state index is 13.8. The Kier molecular flexibility index (Phi) is 4.44. The van der Waals surface area contributed by atoms with E-state index in [1.807, 2.05) is 19.9 Å². The highest BCUT2D eigenvalue weighted by molar-refractivity contribution is 5.92. The molecule has 5 aliphatic rings. The van der Waals surface area contributed by atoms with Gasteiger partial charge >= 0.3 is 11.9 Å². The molecular formula is C27H32O7. The summed E-state index contributed by atoms with van der Waals surface area (Å²) in [6.45, 7) is 8.14. The number of ketones is 1. The number of esters is 2. The molecule has 2 aliphatic heterocycles. The summed E-state index contributed by atoms with van der Waals surface area (Å²) in [5.41, 5.74) is 1.15. The number of hydrogen-bond donors (Lipinski definition) is 0. The van der Waals surface area contributed by atoms with Gasteiger partial charge in [-0.2, -0.15) is 0 Å². The van der Waals surface area contributed by atoms with Crippen LogP contribution in [0.4, 0.5) is 0 Å². The van der Waals surface area contributed by atoms with Crippen molar-refractivity contribution >= 4 is 17.7 Å². The standard InChI is InChI=1S/C27H32O7/c1-13-15(14-7-9-32-12-14)10-16-20(13)27(4)17(11-19(29)31-5)26(3)18(28)6-8-25(2)22(26)21(23(27)33-16)34-24(25)30/h7,9,12,15-17,21-23H,6,8,10-11H2,1-5H3/t15-,16+,17?,21-,22?,23-,25-,26?,27?/m1/s1. The number of allylic oxidation sites excluding steroid dienone is 1. The van der Waals surface area contributed by atoms with Crippen molar-refractivity contribution in [2.24, 2.45) is 28.1 Å². The summed E-state index contributed by atoms with van der Waals surface area (Å²) in [6, 6.07) is 1.98. The quantitative estimate of drug-likeness (QED) is 0.490. The SMILES string of the molecule is COC(=O)CC1C2(C)C(=O)CC[C@@]3(C)C(=O)O[C@H](C23)[C@H]2O[C@H]3C[C@@H](c4ccoc4)C(C)=C3C12C. The van der Waals surface area contributed by atoms with Crippen molar-refractivity contribution in [3.63, 3.8) is 0 Å². The molecule has 9 atom stereocenters. The minimum absolute atomic E-state index is 0.0997. The van der Waals surface area contributed by atoms with E-state index in [9.17, 15) is 14.4 Å². The van der Waals surface area contributed by atoms with Gasteiger partial charge in [0.05, 0.1) is 37.6 Å². The normalized spacial score (nSPS) is 46.7. The van der Waals surface area contributed by atoms with Gasteiger partial charge < -0.3 is 18.6 Å². The second-order valence-corrected chi connectivity index (χ2v) is 11.6. The van der Waals surface area contributed by atoms with E-state index in [2.05, 4.69) is 13.8 Å². The highest BCUT2D eigenvalue weighted by Gasteiger charge is 2.78. The summed E-state index contributed by atoms with van der Waals surface area (Å²) in [5, 5.41) is 0. The number of hydrogen-bond acceptors (Lipinski definition) is 7. The van der Waals surface area contributed by atoms with Crippen LogP contribution in [0.2, 0.25) is 0 Å². The van der Waals surface area contributed by atoms with Gasteiger partial charge in [0.1, 0.15) is 18.0 Å². The van der Waals surface area contributed by atoms with Crippen LogP contribution in [0.15, 0.2) is 34.2 Å². The first kappa shape index (κ1) is 22.1. The van der Waals surface area contributed by atoms with Gasteiger partial charge in [-0.15, -0.1) is 0 Å². The maximum Gasteiger partial charge on any atom is 0.312 e. The summed E-state index contributed by atoms with van der Waals surface area (Å²) in [6.07, 6.45) is 4.04. The van der Waals surface area contributed by atoms with Gasteiger partial charge in [-0.25, -0.2) is 0 Å². The van der Waals surface area contributed by atoms with Crippen molar-refractivity contribution < 1.29 is 33.0 Å². The molecule has 0 N–H and O–H groups in total. The molecule has 0 aromatic carbocycles. The summed E-state index contributed by atoms with van der Waals surface area (Å²) < 4.78 is 23.3. The van der Waals surface area contributed by atoms with Crippen LogP contribution in [0.3, 0.4) is 0 Å². The van der Waals surface area contributed by atoms with E-state index in [4.69, 9.17) is 18.6 Å². The lowest BCUT2D eigenvalue weighted by molar-refractivity contribution is -0.197. The van der Waals surface area contributed by atoms with E-state index in [1.54, 1.807) is 12.5 Å². The van der Waals surface area contributed by atoms with Gasteiger partial charge in [0, 0.05) is 29.1 Å². The molecule has 3 aliphatic carbocycles. The molecule has 0 amide bonds. The number of Topliss-reactive ketones (excluding diaryl/α,β-unsaturated/α-hetero) is 1. The van der Waals surface area contributed by atoms with E-state index in [1.165, 1.54) is 12.7 Å². The summed E-state index contributed by atoms with van der Waals surface area (Å²) >= 11 is 0. The summed E-state index contributed by atoms with van der Waals surface area (Å²) in [4.78, 5) is 39.8. The van der Waals surface area contributed by atoms with Crippen LogP contribution in [-0.2, 0) is 28.6 Å². The number of fused-ring (bicyclic) bond motifs is 4. The van der Waals surface area contributed by atoms with Crippen LogP contribution in [0.1, 0.15) is 64.9 Å². The second-order valence-electron chi connectivity index (χ2n) is 11.6. The van der Waals surface area contributed by atoms with E-state index >= 15 is 0 Å². The Morgan fingerprint density at radius 2 is 1.97 bits per heavy atom. The molecule has 6 rings (SSSR count). The van der Waals surface area contributed by atoms with Crippen molar-refractivity contribution in [2.75, 3.05) is 7.11 Å². The Morgan fingerprint density at radius 1 is 1.21 bits per heavy atom. The number of furan rings is 1. The largest absolute Gasteiger partial charge is 0.472 e. The van der Waals surface area contributed by atoms with Crippen LogP contribution in [-0.4, -0.2) is 43.1 Å². The molecule has 3 heterocycles. The van der Waals surface area contributed by atoms with Gasteiger partial charge in [0.25, 0.3) is 0 Å². The minimum Gasteiger partial charge on any atom is -0.472 e. The van der Waals surface area contributed by atoms with Gasteiger partial charge in [-0.3, -0.25) is 14.4 Å². The van der Waals surface area contributed by atoms with Crippen LogP contribution in [0.5, 0.6) is 0 Å². The van der Waals surface area contributed by atoms with Crippen LogP contribution >= 0.6 is 0 Å². The highest BCUT2D eigenvalue weighted by Crippen LogP contribution is 2.72. The first-order valence-electron chi connectivity index (χ1n) is 12.3. The molecule has 2 saturated carbocycles. The number of carbonyl (C=O) groups is 3. The Balaban J connectivity index is 1.56. The number of carbonyl (C=O) groups excluding carboxylic acids is 3. The molecule has 0 bridgehead atoms. The van der Waals surface area contributed by atoms with Crippen molar-refractivity contribution in [3.05, 3.63) is 35.3 Å². The third-order valence-corrected chi connectivity index (χ3v) is 10.3. The molecule has 1 aromatic heterocycles. The van der Waals surface area contributed by atoms with E-state index in [-0.39, 0.29) is 48.0 Å². The van der Waals surface area contributed by atoms with Crippen LogP contribution in [0.25, 0.3) is 0 Å². The fraction of sp³-hybridized carbons (Fsp3) is 0.667. The smallest absolute Gasteiger partial charge is 0.312 e. The molecule has 0 spiro atoms. The molecule has 4 unspecified atom stereocenters. The van der Waals surface area contributed by atoms with Crippen molar-refractivity contribution in [2.45, 2.75) is 77.6 Å². The fourth-order valence-electron chi connectivity index (χ4n) is 8.82. The summed E-state index contributed by atoms with van der Waals surface area (Å²) in [7, 11) is 1.38. The summed E-state index contributed by atoms with van der Waals surface area (Å²) in [5.74, 6) is -1.02. The molecule has 34 heavy (non-hydrogen) atoms. The molecule has 7 nitrogen and oxygen atoms in total. The molecule has 2 saturated heterocycles. The van der Waals surface area contributed by atoms with Gasteiger partial charge in [0.15, 0.2) is 0 Å². The lowest BCUT2D eigenvalue weighted by Gasteiger charge is -2.60. The first-order valence-corrected chi connectivity index (χ1v) is 12.3. The van der Waals surface area contributed by atoms with Crippen molar-refractivity contribution in [1.82, 2.24) is 0 Å². The maximum absolute atomic E-state index is 13.8. The lowest BCUT2D eigenvalue weighted by Crippen LogP contribution is -2.67. The number of rotatable bonds is 3. The topological polar surface area (TPSA) is 92.0 Å². The van der Waals surface area contributed by atoms with Crippen LogP contribution in [0, 0.1) is 28.1 Å². The van der Waals surface area contributed by atoms with Crippen LogP contribution < -0.4 is 0 Å². The Morgan fingerprint density at radius 3 is 2.65 bits per heavy atom. The van der Waals surface area contributed by atoms with Gasteiger partial charge in [-0.05, 0) is 49.8 Å². The van der Waals surface area contributed by atoms with Gasteiger partial charge in [-0.1, -0.05) is 19.4 Å². The average Bonchev–Trinajstić information content (AvgIpc) is 3.54. The molecular weight excluding hydrogens is 436 g/mol.